The first-order valence-electron chi connectivity index (χ1n) is 9.14. The summed E-state index contributed by atoms with van der Waals surface area (Å²) in [6.45, 7) is 2.48. The third-order valence-electron chi connectivity index (χ3n) is 4.49. The van der Waals surface area contributed by atoms with Gasteiger partial charge in [-0.05, 0) is 24.6 Å². The molecule has 1 aromatic heterocycles. The molecule has 0 aliphatic rings. The quantitative estimate of drug-likeness (QED) is 0.425. The number of rotatable bonds is 5. The van der Waals surface area contributed by atoms with Gasteiger partial charge in [0, 0.05) is 16.5 Å². The first-order chi connectivity index (χ1) is 13.7. The van der Waals surface area contributed by atoms with E-state index in [-0.39, 0.29) is 5.91 Å². The van der Waals surface area contributed by atoms with Gasteiger partial charge in [-0.25, -0.2) is 4.98 Å². The molecule has 138 valence electrons. The maximum absolute atomic E-state index is 13.3. The van der Waals surface area contributed by atoms with Crippen molar-refractivity contribution in [3.8, 4) is 11.3 Å². The summed E-state index contributed by atoms with van der Waals surface area (Å²) in [6, 6.07) is 27.7. The Labute approximate surface area is 168 Å². The summed E-state index contributed by atoms with van der Waals surface area (Å²) in [5, 5.41) is 2.71. The SMILES string of the molecule is Cc1cccc(C(=O)N(Cc2ccccc2)c2nc(-c3ccccc3)cs2)c1. The van der Waals surface area contributed by atoms with E-state index < -0.39 is 0 Å². The van der Waals surface area contributed by atoms with Crippen molar-refractivity contribution >= 4 is 22.4 Å². The van der Waals surface area contributed by atoms with E-state index in [0.717, 1.165) is 22.4 Å². The van der Waals surface area contributed by atoms with Gasteiger partial charge < -0.3 is 0 Å². The smallest absolute Gasteiger partial charge is 0.260 e. The fraction of sp³-hybridized carbons (Fsp3) is 0.0833. The Morgan fingerprint density at radius 2 is 1.64 bits per heavy atom. The molecule has 3 aromatic carbocycles. The lowest BCUT2D eigenvalue weighted by atomic mass is 10.1. The highest BCUT2D eigenvalue weighted by atomic mass is 32.1. The summed E-state index contributed by atoms with van der Waals surface area (Å²) in [5.74, 6) is -0.0403. The van der Waals surface area contributed by atoms with E-state index in [4.69, 9.17) is 4.98 Å². The second-order valence-electron chi connectivity index (χ2n) is 6.63. The normalized spacial score (nSPS) is 10.6. The predicted molar refractivity (Wildman–Crippen MR) is 116 cm³/mol. The van der Waals surface area contributed by atoms with E-state index in [2.05, 4.69) is 0 Å². The molecule has 1 amide bonds. The molecule has 0 fully saturated rings. The molecule has 28 heavy (non-hydrogen) atoms. The van der Waals surface area contributed by atoms with Crippen LogP contribution < -0.4 is 4.90 Å². The highest BCUT2D eigenvalue weighted by Crippen LogP contribution is 2.29. The second-order valence-corrected chi connectivity index (χ2v) is 7.46. The van der Waals surface area contributed by atoms with Crippen LogP contribution in [0.5, 0.6) is 0 Å². The van der Waals surface area contributed by atoms with Crippen LogP contribution in [-0.4, -0.2) is 10.9 Å². The van der Waals surface area contributed by atoms with Crippen LogP contribution in [0, 0.1) is 6.92 Å². The molecular formula is C24H20N2OS. The van der Waals surface area contributed by atoms with E-state index in [1.165, 1.54) is 11.3 Å². The Balaban J connectivity index is 1.71. The number of hydrogen-bond donors (Lipinski definition) is 0. The maximum Gasteiger partial charge on any atom is 0.260 e. The zero-order chi connectivity index (χ0) is 19.3. The van der Waals surface area contributed by atoms with Gasteiger partial charge in [0.2, 0.25) is 0 Å². The summed E-state index contributed by atoms with van der Waals surface area (Å²) < 4.78 is 0. The Hall–Kier alpha value is -3.24. The van der Waals surface area contributed by atoms with Crippen molar-refractivity contribution in [2.75, 3.05) is 4.90 Å². The van der Waals surface area contributed by atoms with Crippen LogP contribution in [-0.2, 0) is 6.54 Å². The molecule has 0 saturated carbocycles. The number of thiazole rings is 1. The molecule has 0 bridgehead atoms. The van der Waals surface area contributed by atoms with Crippen molar-refractivity contribution in [1.29, 1.82) is 0 Å². The average molecular weight is 385 g/mol. The Morgan fingerprint density at radius 1 is 0.929 bits per heavy atom. The maximum atomic E-state index is 13.3. The minimum absolute atomic E-state index is 0.0403. The van der Waals surface area contributed by atoms with Crippen LogP contribution in [0.25, 0.3) is 11.3 Å². The summed E-state index contributed by atoms with van der Waals surface area (Å²) in [6.07, 6.45) is 0. The molecule has 0 atom stereocenters. The molecule has 4 heteroatoms. The summed E-state index contributed by atoms with van der Waals surface area (Å²) in [4.78, 5) is 19.9. The second kappa shape index (κ2) is 8.19. The Bertz CT molecular complexity index is 1070. The van der Waals surface area contributed by atoms with E-state index >= 15 is 0 Å². The van der Waals surface area contributed by atoms with Gasteiger partial charge in [-0.2, -0.15) is 0 Å². The van der Waals surface area contributed by atoms with Gasteiger partial charge in [0.1, 0.15) is 0 Å². The van der Waals surface area contributed by atoms with E-state index in [0.29, 0.717) is 17.2 Å². The summed E-state index contributed by atoms with van der Waals surface area (Å²) in [7, 11) is 0. The topological polar surface area (TPSA) is 33.2 Å². The molecule has 0 spiro atoms. The van der Waals surface area contributed by atoms with Crippen molar-refractivity contribution in [3.05, 3.63) is 107 Å². The number of aryl methyl sites for hydroxylation is 1. The molecule has 3 nitrogen and oxygen atoms in total. The van der Waals surface area contributed by atoms with Gasteiger partial charge in [0.25, 0.3) is 5.91 Å². The molecule has 0 saturated heterocycles. The zero-order valence-electron chi connectivity index (χ0n) is 15.6. The van der Waals surface area contributed by atoms with Crippen molar-refractivity contribution in [3.63, 3.8) is 0 Å². The van der Waals surface area contributed by atoms with Crippen LogP contribution in [0.3, 0.4) is 0 Å². The minimum Gasteiger partial charge on any atom is -0.279 e. The average Bonchev–Trinajstić information content (AvgIpc) is 3.23. The highest BCUT2D eigenvalue weighted by Gasteiger charge is 2.21. The number of benzene rings is 3. The number of anilines is 1. The van der Waals surface area contributed by atoms with Gasteiger partial charge in [0.05, 0.1) is 12.2 Å². The van der Waals surface area contributed by atoms with Crippen molar-refractivity contribution < 1.29 is 4.79 Å². The number of carbonyl (C=O) groups excluding carboxylic acids is 1. The Morgan fingerprint density at radius 3 is 2.36 bits per heavy atom. The van der Waals surface area contributed by atoms with Crippen LogP contribution in [0.1, 0.15) is 21.5 Å². The number of carbonyl (C=O) groups is 1. The third-order valence-corrected chi connectivity index (χ3v) is 5.35. The first kappa shape index (κ1) is 18.1. The van der Waals surface area contributed by atoms with Crippen LogP contribution >= 0.6 is 11.3 Å². The van der Waals surface area contributed by atoms with Crippen LogP contribution in [0.4, 0.5) is 5.13 Å². The lowest BCUT2D eigenvalue weighted by Gasteiger charge is -2.20. The van der Waals surface area contributed by atoms with E-state index in [1.54, 1.807) is 4.90 Å². The summed E-state index contributed by atoms with van der Waals surface area (Å²) in [5.41, 5.74) is 4.74. The van der Waals surface area contributed by atoms with Crippen molar-refractivity contribution in [2.24, 2.45) is 0 Å². The lowest BCUT2D eigenvalue weighted by molar-refractivity contribution is 0.0985. The van der Waals surface area contributed by atoms with Crippen molar-refractivity contribution in [1.82, 2.24) is 4.98 Å². The van der Waals surface area contributed by atoms with E-state index in [9.17, 15) is 4.79 Å². The number of nitrogens with zero attached hydrogens (tertiary/aromatic N) is 2. The van der Waals surface area contributed by atoms with Crippen LogP contribution in [0.15, 0.2) is 90.3 Å². The largest absolute Gasteiger partial charge is 0.279 e. The summed E-state index contributed by atoms with van der Waals surface area (Å²) >= 11 is 1.49. The molecule has 4 aromatic rings. The van der Waals surface area contributed by atoms with Gasteiger partial charge >= 0.3 is 0 Å². The van der Waals surface area contributed by atoms with Gasteiger partial charge in [-0.15, -0.1) is 11.3 Å². The fourth-order valence-electron chi connectivity index (χ4n) is 3.06. The number of amides is 1. The van der Waals surface area contributed by atoms with Gasteiger partial charge in [-0.1, -0.05) is 78.4 Å². The third kappa shape index (κ3) is 4.02. The van der Waals surface area contributed by atoms with Crippen molar-refractivity contribution in [2.45, 2.75) is 13.5 Å². The minimum atomic E-state index is -0.0403. The molecule has 0 radical (unpaired) electrons. The fourth-order valence-corrected chi connectivity index (χ4v) is 3.89. The standard InChI is InChI=1S/C24H20N2OS/c1-18-9-8-14-21(15-18)23(27)26(16-19-10-4-2-5-11-19)24-25-22(17-28-24)20-12-6-3-7-13-20/h2-15,17H,16H2,1H3. The Kier molecular flexibility index (Phi) is 5.31. The molecule has 1 heterocycles. The predicted octanol–water partition coefficient (Wildman–Crippen LogP) is 5.97. The molecule has 4 rings (SSSR count). The van der Waals surface area contributed by atoms with Crippen LogP contribution in [0.2, 0.25) is 0 Å². The highest BCUT2D eigenvalue weighted by molar-refractivity contribution is 7.14. The van der Waals surface area contributed by atoms with Gasteiger partial charge in [0.15, 0.2) is 5.13 Å². The number of hydrogen-bond acceptors (Lipinski definition) is 3. The molecule has 0 aliphatic heterocycles. The first-order valence-corrected chi connectivity index (χ1v) is 10.0. The molecule has 0 unspecified atom stereocenters. The lowest BCUT2D eigenvalue weighted by Crippen LogP contribution is -2.30. The molecule has 0 aliphatic carbocycles. The molecular weight excluding hydrogens is 364 g/mol. The monoisotopic (exact) mass is 384 g/mol. The zero-order valence-corrected chi connectivity index (χ0v) is 16.4. The number of aromatic nitrogens is 1. The molecule has 0 N–H and O–H groups in total. The van der Waals surface area contributed by atoms with E-state index in [1.807, 2.05) is 97.2 Å². The van der Waals surface area contributed by atoms with Gasteiger partial charge in [-0.3, -0.25) is 9.69 Å².